The number of methoxy groups -OCH3 is 1. The van der Waals surface area contributed by atoms with Crippen molar-refractivity contribution in [1.82, 2.24) is 4.57 Å². The molecule has 1 aromatic carbocycles. The van der Waals surface area contributed by atoms with E-state index in [4.69, 9.17) is 4.74 Å². The van der Waals surface area contributed by atoms with E-state index in [1.54, 1.807) is 23.9 Å². The average Bonchev–Trinajstić information content (AvgIpc) is 2.50. The van der Waals surface area contributed by atoms with Crippen LogP contribution >= 0.6 is 0 Å². The van der Waals surface area contributed by atoms with Crippen molar-refractivity contribution in [3.05, 3.63) is 64.1 Å². The van der Waals surface area contributed by atoms with Crippen LogP contribution in [0.4, 0.5) is 5.69 Å². The molecular weight excluding hydrogens is 280 g/mol. The van der Waals surface area contributed by atoms with Crippen LogP contribution in [-0.2, 0) is 29.1 Å². The van der Waals surface area contributed by atoms with Crippen molar-refractivity contribution in [3.8, 4) is 0 Å². The molecule has 0 saturated heterocycles. The summed E-state index contributed by atoms with van der Waals surface area (Å²) in [5.74, 6) is -0.115. The second kappa shape index (κ2) is 7.56. The lowest BCUT2D eigenvalue weighted by Crippen LogP contribution is -2.20. The van der Waals surface area contributed by atoms with Crippen molar-refractivity contribution >= 4 is 11.6 Å². The predicted molar refractivity (Wildman–Crippen MR) is 85.9 cm³/mol. The van der Waals surface area contributed by atoms with Crippen LogP contribution in [0.3, 0.4) is 0 Å². The molecule has 0 saturated carbocycles. The van der Waals surface area contributed by atoms with Crippen LogP contribution in [0.2, 0.25) is 0 Å². The van der Waals surface area contributed by atoms with E-state index in [1.165, 1.54) is 6.07 Å². The molecule has 5 heteroatoms. The monoisotopic (exact) mass is 300 g/mol. The van der Waals surface area contributed by atoms with Crippen molar-refractivity contribution in [1.29, 1.82) is 0 Å². The number of rotatable bonds is 6. The molecule has 1 heterocycles. The van der Waals surface area contributed by atoms with E-state index in [9.17, 15) is 9.59 Å². The topological polar surface area (TPSA) is 60.3 Å². The van der Waals surface area contributed by atoms with Crippen LogP contribution in [0.25, 0.3) is 0 Å². The Kier molecular flexibility index (Phi) is 5.49. The van der Waals surface area contributed by atoms with Gasteiger partial charge in [-0.05, 0) is 24.1 Å². The Morgan fingerprint density at radius 2 is 2.00 bits per heavy atom. The lowest BCUT2D eigenvalue weighted by atomic mass is 10.1. The number of nitrogens with one attached hydrogen (secondary N) is 1. The average molecular weight is 300 g/mol. The fourth-order valence-corrected chi connectivity index (χ4v) is 2.24. The Bertz CT molecular complexity index is 707. The molecule has 0 aliphatic rings. The van der Waals surface area contributed by atoms with Crippen LogP contribution < -0.4 is 10.9 Å². The van der Waals surface area contributed by atoms with Gasteiger partial charge in [-0.15, -0.1) is 0 Å². The van der Waals surface area contributed by atoms with E-state index in [-0.39, 0.29) is 17.9 Å². The van der Waals surface area contributed by atoms with E-state index in [1.807, 2.05) is 31.2 Å². The maximum Gasteiger partial charge on any atom is 0.250 e. The highest BCUT2D eigenvalue weighted by Gasteiger charge is 2.06. The number of aromatic nitrogens is 1. The van der Waals surface area contributed by atoms with Crippen molar-refractivity contribution in [2.24, 2.45) is 0 Å². The minimum Gasteiger partial charge on any atom is -0.380 e. The first-order valence-corrected chi connectivity index (χ1v) is 7.19. The van der Waals surface area contributed by atoms with E-state index >= 15 is 0 Å². The third-order valence-electron chi connectivity index (χ3n) is 3.27. The highest BCUT2D eigenvalue weighted by molar-refractivity contribution is 5.92. The SMILES string of the molecule is CCn1cc(NC(=O)Cc2cccc(COC)c2)ccc1=O. The molecule has 0 radical (unpaired) electrons. The molecule has 1 N–H and O–H groups in total. The summed E-state index contributed by atoms with van der Waals surface area (Å²) in [5, 5.41) is 2.81. The predicted octanol–water partition coefficient (Wildman–Crippen LogP) is 2.20. The zero-order valence-corrected chi connectivity index (χ0v) is 12.8. The largest absolute Gasteiger partial charge is 0.380 e. The van der Waals surface area contributed by atoms with Crippen LogP contribution in [0, 0.1) is 0 Å². The minimum atomic E-state index is -0.115. The third-order valence-corrected chi connectivity index (χ3v) is 3.27. The molecule has 0 aliphatic carbocycles. The van der Waals surface area contributed by atoms with Crippen molar-refractivity contribution in [2.45, 2.75) is 26.5 Å². The van der Waals surface area contributed by atoms with Crippen molar-refractivity contribution in [2.75, 3.05) is 12.4 Å². The van der Waals surface area contributed by atoms with Gasteiger partial charge in [-0.1, -0.05) is 24.3 Å². The van der Waals surface area contributed by atoms with Gasteiger partial charge < -0.3 is 14.6 Å². The van der Waals surface area contributed by atoms with Crippen LogP contribution in [0.5, 0.6) is 0 Å². The lowest BCUT2D eigenvalue weighted by Gasteiger charge is -2.08. The summed E-state index contributed by atoms with van der Waals surface area (Å²) in [6, 6.07) is 10.8. The molecular formula is C17H20N2O3. The molecule has 1 aromatic heterocycles. The summed E-state index contributed by atoms with van der Waals surface area (Å²) in [6.07, 6.45) is 1.93. The van der Waals surface area contributed by atoms with Gasteiger partial charge >= 0.3 is 0 Å². The van der Waals surface area contributed by atoms with E-state index in [2.05, 4.69) is 5.32 Å². The summed E-state index contributed by atoms with van der Waals surface area (Å²) in [5.41, 5.74) is 2.51. The van der Waals surface area contributed by atoms with Gasteiger partial charge in [-0.3, -0.25) is 9.59 Å². The summed E-state index contributed by atoms with van der Waals surface area (Å²) in [6.45, 7) is 2.98. The fourth-order valence-electron chi connectivity index (χ4n) is 2.24. The first-order valence-electron chi connectivity index (χ1n) is 7.19. The Hall–Kier alpha value is -2.40. The Labute approximate surface area is 129 Å². The second-order valence-electron chi connectivity index (χ2n) is 5.02. The number of nitrogens with zero attached hydrogens (tertiary/aromatic N) is 1. The van der Waals surface area contributed by atoms with Gasteiger partial charge in [0.1, 0.15) is 0 Å². The Balaban J connectivity index is 2.04. The smallest absolute Gasteiger partial charge is 0.250 e. The summed E-state index contributed by atoms with van der Waals surface area (Å²) in [4.78, 5) is 23.6. The van der Waals surface area contributed by atoms with Gasteiger partial charge in [0.05, 0.1) is 18.7 Å². The Morgan fingerprint density at radius 1 is 1.23 bits per heavy atom. The second-order valence-corrected chi connectivity index (χ2v) is 5.02. The highest BCUT2D eigenvalue weighted by atomic mass is 16.5. The number of hydrogen-bond acceptors (Lipinski definition) is 3. The summed E-state index contributed by atoms with van der Waals surface area (Å²) < 4.78 is 6.64. The molecule has 0 spiro atoms. The maximum atomic E-state index is 12.1. The molecule has 0 unspecified atom stereocenters. The number of carbonyl (C=O) groups is 1. The highest BCUT2D eigenvalue weighted by Crippen LogP contribution is 2.09. The lowest BCUT2D eigenvalue weighted by molar-refractivity contribution is -0.115. The van der Waals surface area contributed by atoms with Crippen molar-refractivity contribution in [3.63, 3.8) is 0 Å². The summed E-state index contributed by atoms with van der Waals surface area (Å²) >= 11 is 0. The maximum absolute atomic E-state index is 12.1. The molecule has 0 aliphatic heterocycles. The molecule has 2 aromatic rings. The number of ether oxygens (including phenoxy) is 1. The third kappa shape index (κ3) is 4.30. The molecule has 1 amide bonds. The molecule has 0 bridgehead atoms. The number of pyridine rings is 1. The van der Waals surface area contributed by atoms with E-state index in [0.29, 0.717) is 18.8 Å². The molecule has 2 rings (SSSR count). The van der Waals surface area contributed by atoms with E-state index in [0.717, 1.165) is 11.1 Å². The zero-order valence-electron chi connectivity index (χ0n) is 12.8. The quantitative estimate of drug-likeness (QED) is 0.889. The van der Waals surface area contributed by atoms with E-state index < -0.39 is 0 Å². The fraction of sp³-hybridized carbons (Fsp3) is 0.294. The summed E-state index contributed by atoms with van der Waals surface area (Å²) in [7, 11) is 1.64. The standard InChI is InChI=1S/C17H20N2O3/c1-3-19-11-15(7-8-17(19)21)18-16(20)10-13-5-4-6-14(9-13)12-22-2/h4-9,11H,3,10,12H2,1-2H3,(H,18,20). The minimum absolute atomic E-state index is 0.0761. The number of hydrogen-bond donors (Lipinski definition) is 1. The van der Waals surface area contributed by atoms with Gasteiger partial charge in [0, 0.05) is 25.9 Å². The number of carbonyl (C=O) groups excluding carboxylic acids is 1. The Morgan fingerprint density at radius 3 is 2.73 bits per heavy atom. The number of aryl methyl sites for hydroxylation is 1. The first kappa shape index (κ1) is 16.0. The van der Waals surface area contributed by atoms with Gasteiger partial charge in [0.2, 0.25) is 5.91 Å². The number of benzene rings is 1. The zero-order chi connectivity index (χ0) is 15.9. The van der Waals surface area contributed by atoms with Gasteiger partial charge in [0.25, 0.3) is 5.56 Å². The van der Waals surface area contributed by atoms with Crippen LogP contribution in [0.1, 0.15) is 18.1 Å². The first-order chi connectivity index (χ1) is 10.6. The van der Waals surface area contributed by atoms with Crippen LogP contribution in [-0.4, -0.2) is 17.6 Å². The van der Waals surface area contributed by atoms with Gasteiger partial charge in [-0.2, -0.15) is 0 Å². The van der Waals surface area contributed by atoms with Gasteiger partial charge in [0.15, 0.2) is 0 Å². The number of anilines is 1. The normalized spacial score (nSPS) is 10.5. The molecule has 0 atom stereocenters. The van der Waals surface area contributed by atoms with Crippen LogP contribution in [0.15, 0.2) is 47.4 Å². The molecule has 22 heavy (non-hydrogen) atoms. The number of amides is 1. The molecule has 5 nitrogen and oxygen atoms in total. The molecule has 116 valence electrons. The van der Waals surface area contributed by atoms with Crippen molar-refractivity contribution < 1.29 is 9.53 Å². The van der Waals surface area contributed by atoms with Gasteiger partial charge in [-0.25, -0.2) is 0 Å². The molecule has 0 fully saturated rings.